The number of benzene rings is 2. The molecule has 0 aliphatic heterocycles. The first-order valence-electron chi connectivity index (χ1n) is 9.76. The van der Waals surface area contributed by atoms with Crippen LogP contribution in [0.1, 0.15) is 30.9 Å². The van der Waals surface area contributed by atoms with E-state index in [1.807, 2.05) is 24.3 Å². The Morgan fingerprint density at radius 1 is 1.00 bits per heavy atom. The topological polar surface area (TPSA) is 69.9 Å². The van der Waals surface area contributed by atoms with Crippen LogP contribution in [-0.4, -0.2) is 20.0 Å². The molecule has 0 aliphatic carbocycles. The fraction of sp³-hybridized carbons (Fsp3) is 0.217. The minimum Gasteiger partial charge on any atom is -0.457 e. The summed E-state index contributed by atoms with van der Waals surface area (Å²) in [6, 6.07) is 17.1. The number of rotatable bonds is 7. The Morgan fingerprint density at radius 2 is 1.80 bits per heavy atom. The zero-order chi connectivity index (χ0) is 20.1. The van der Waals surface area contributed by atoms with Crippen molar-refractivity contribution in [2.24, 2.45) is 0 Å². The van der Waals surface area contributed by atoms with Crippen molar-refractivity contribution in [2.75, 3.05) is 0 Å². The van der Waals surface area contributed by atoms with Crippen LogP contribution in [0.2, 0.25) is 0 Å². The molecule has 154 valence electrons. The van der Waals surface area contributed by atoms with Gasteiger partial charge >= 0.3 is 0 Å². The molecule has 4 aromatic rings. The third kappa shape index (κ3) is 5.02. The highest BCUT2D eigenvalue weighted by atomic mass is 35.5. The first-order valence-corrected chi connectivity index (χ1v) is 9.76. The number of pyridine rings is 1. The highest BCUT2D eigenvalue weighted by Gasteiger charge is 2.09. The minimum atomic E-state index is -0.209. The van der Waals surface area contributed by atoms with Gasteiger partial charge < -0.3 is 4.74 Å². The van der Waals surface area contributed by atoms with Crippen LogP contribution in [0.5, 0.6) is 11.5 Å². The van der Waals surface area contributed by atoms with Gasteiger partial charge in [0.15, 0.2) is 0 Å². The maximum absolute atomic E-state index is 12.9. The number of hydrogen-bond donors (Lipinski definition) is 0. The van der Waals surface area contributed by atoms with Gasteiger partial charge in [-0.3, -0.25) is 9.78 Å². The summed E-state index contributed by atoms with van der Waals surface area (Å²) < 4.78 is 7.29. The number of aryl methyl sites for hydroxylation is 1. The van der Waals surface area contributed by atoms with E-state index in [1.165, 1.54) is 23.1 Å². The van der Waals surface area contributed by atoms with E-state index in [0.717, 1.165) is 17.7 Å². The van der Waals surface area contributed by atoms with Gasteiger partial charge in [-0.1, -0.05) is 36.8 Å². The van der Waals surface area contributed by atoms with Crippen LogP contribution in [-0.2, 0) is 13.0 Å². The van der Waals surface area contributed by atoms with E-state index in [4.69, 9.17) is 4.74 Å². The van der Waals surface area contributed by atoms with Crippen LogP contribution in [0.4, 0.5) is 0 Å². The molecule has 0 fully saturated rings. The highest BCUT2D eigenvalue weighted by molar-refractivity contribution is 5.85. The Morgan fingerprint density at radius 3 is 2.53 bits per heavy atom. The smallest absolute Gasteiger partial charge is 0.278 e. The highest BCUT2D eigenvalue weighted by Crippen LogP contribution is 2.24. The molecule has 2 heterocycles. The molecule has 0 spiro atoms. The van der Waals surface area contributed by atoms with E-state index < -0.39 is 0 Å². The first kappa shape index (κ1) is 21.5. The molecule has 0 bridgehead atoms. The van der Waals surface area contributed by atoms with Crippen molar-refractivity contribution >= 4 is 23.3 Å². The zero-order valence-electron chi connectivity index (χ0n) is 16.7. The monoisotopic (exact) mass is 422 g/mol. The summed E-state index contributed by atoms with van der Waals surface area (Å²) in [7, 11) is 0. The summed E-state index contributed by atoms with van der Waals surface area (Å²) >= 11 is 0. The van der Waals surface area contributed by atoms with Crippen molar-refractivity contribution in [1.82, 2.24) is 20.0 Å². The molecule has 0 atom stereocenters. The van der Waals surface area contributed by atoms with E-state index in [9.17, 15) is 4.79 Å². The van der Waals surface area contributed by atoms with Crippen LogP contribution < -0.4 is 10.3 Å². The first-order chi connectivity index (χ1) is 14.2. The summed E-state index contributed by atoms with van der Waals surface area (Å²) in [4.78, 5) is 16.9. The summed E-state index contributed by atoms with van der Waals surface area (Å²) in [5.74, 6) is 1.33. The van der Waals surface area contributed by atoms with Crippen LogP contribution in [0.15, 0.2) is 71.8 Å². The Labute approximate surface area is 181 Å². The molecule has 0 unspecified atom stereocenters. The van der Waals surface area contributed by atoms with Gasteiger partial charge in [0.1, 0.15) is 17.0 Å². The average Bonchev–Trinajstić information content (AvgIpc) is 2.76. The van der Waals surface area contributed by atoms with Crippen molar-refractivity contribution in [1.29, 1.82) is 0 Å². The molecule has 30 heavy (non-hydrogen) atoms. The third-order valence-corrected chi connectivity index (χ3v) is 4.73. The Balaban J connectivity index is 0.00000256. The standard InChI is InChI=1S/C23H22N4O2.ClH/c1-2-3-5-17-7-9-19(10-8-17)29-20-11-12-22-21(14-20)23(28)27(26-25-22)16-18-6-4-13-24-15-18;/h4,6-15H,2-3,5,16H2,1H3;1H. The normalized spacial score (nSPS) is 10.6. The van der Waals surface area contributed by atoms with Gasteiger partial charge in [-0.15, -0.1) is 17.5 Å². The quantitative estimate of drug-likeness (QED) is 0.428. The Kier molecular flexibility index (Phi) is 7.14. The number of ether oxygens (including phenoxy) is 1. The second kappa shape index (κ2) is 9.98. The van der Waals surface area contributed by atoms with Gasteiger partial charge in [0.05, 0.1) is 11.9 Å². The molecule has 4 rings (SSSR count). The Bertz CT molecular complexity index is 1160. The lowest BCUT2D eigenvalue weighted by atomic mass is 10.1. The predicted octanol–water partition coefficient (Wildman–Crippen LogP) is 4.79. The SMILES string of the molecule is CCCCc1ccc(Oc2ccc3nnn(Cc4cccnc4)c(=O)c3c2)cc1.Cl. The summed E-state index contributed by atoms with van der Waals surface area (Å²) in [5, 5.41) is 8.67. The number of nitrogens with zero attached hydrogens (tertiary/aromatic N) is 4. The molecule has 0 radical (unpaired) electrons. The molecule has 2 aromatic heterocycles. The van der Waals surface area contributed by atoms with Crippen molar-refractivity contribution in [3.05, 3.63) is 88.5 Å². The maximum atomic E-state index is 12.9. The molecule has 7 heteroatoms. The molecule has 0 saturated heterocycles. The molecule has 0 N–H and O–H groups in total. The third-order valence-electron chi connectivity index (χ3n) is 4.73. The zero-order valence-corrected chi connectivity index (χ0v) is 17.5. The van der Waals surface area contributed by atoms with Crippen LogP contribution in [0.3, 0.4) is 0 Å². The maximum Gasteiger partial charge on any atom is 0.278 e. The number of halogens is 1. The fourth-order valence-corrected chi connectivity index (χ4v) is 3.13. The summed E-state index contributed by atoms with van der Waals surface area (Å²) in [6.07, 6.45) is 6.83. The molecule has 0 amide bonds. The van der Waals surface area contributed by atoms with Gasteiger partial charge in [-0.25, -0.2) is 4.68 Å². The van der Waals surface area contributed by atoms with E-state index in [-0.39, 0.29) is 18.0 Å². The van der Waals surface area contributed by atoms with Gasteiger partial charge in [0, 0.05) is 12.4 Å². The van der Waals surface area contributed by atoms with Gasteiger partial charge in [0.25, 0.3) is 5.56 Å². The van der Waals surface area contributed by atoms with Gasteiger partial charge in [-0.05, 0) is 60.4 Å². The molecular formula is C23H23ClN4O2. The van der Waals surface area contributed by atoms with E-state index >= 15 is 0 Å². The van der Waals surface area contributed by atoms with Crippen molar-refractivity contribution in [3.8, 4) is 11.5 Å². The molecule has 6 nitrogen and oxygen atoms in total. The minimum absolute atomic E-state index is 0. The lowest BCUT2D eigenvalue weighted by Crippen LogP contribution is -2.24. The summed E-state index contributed by atoms with van der Waals surface area (Å²) in [5.41, 5.74) is 2.52. The number of aromatic nitrogens is 4. The lowest BCUT2D eigenvalue weighted by molar-refractivity contribution is 0.483. The number of unbranched alkanes of at least 4 members (excludes halogenated alkanes) is 1. The molecule has 2 aromatic carbocycles. The van der Waals surface area contributed by atoms with E-state index in [2.05, 4.69) is 34.4 Å². The van der Waals surface area contributed by atoms with Crippen LogP contribution in [0, 0.1) is 0 Å². The second-order valence-corrected chi connectivity index (χ2v) is 6.94. The van der Waals surface area contributed by atoms with Gasteiger partial charge in [0.2, 0.25) is 0 Å². The predicted molar refractivity (Wildman–Crippen MR) is 120 cm³/mol. The molecule has 0 saturated carbocycles. The lowest BCUT2D eigenvalue weighted by Gasteiger charge is -2.09. The molecule has 0 aliphatic rings. The van der Waals surface area contributed by atoms with Gasteiger partial charge in [-0.2, -0.15) is 0 Å². The van der Waals surface area contributed by atoms with Crippen molar-refractivity contribution in [2.45, 2.75) is 32.7 Å². The number of hydrogen-bond acceptors (Lipinski definition) is 5. The number of fused-ring (bicyclic) bond motifs is 1. The van der Waals surface area contributed by atoms with Crippen molar-refractivity contribution < 1.29 is 4.74 Å². The Hall–Kier alpha value is -3.25. The fourth-order valence-electron chi connectivity index (χ4n) is 3.13. The van der Waals surface area contributed by atoms with E-state index in [1.54, 1.807) is 30.6 Å². The largest absolute Gasteiger partial charge is 0.457 e. The molecular weight excluding hydrogens is 400 g/mol. The van der Waals surface area contributed by atoms with Crippen LogP contribution in [0.25, 0.3) is 10.9 Å². The van der Waals surface area contributed by atoms with E-state index in [0.29, 0.717) is 23.2 Å². The summed E-state index contributed by atoms with van der Waals surface area (Å²) in [6.45, 7) is 2.51. The van der Waals surface area contributed by atoms with Crippen molar-refractivity contribution in [3.63, 3.8) is 0 Å². The average molecular weight is 423 g/mol. The second-order valence-electron chi connectivity index (χ2n) is 6.94. The van der Waals surface area contributed by atoms with Crippen LogP contribution >= 0.6 is 12.4 Å².